The minimum Gasteiger partial charge on any atom is -0.497 e. The molecule has 0 spiro atoms. The van der Waals surface area contributed by atoms with E-state index in [0.717, 1.165) is 17.0 Å². The van der Waals surface area contributed by atoms with Crippen molar-refractivity contribution in [2.75, 3.05) is 17.0 Å². The van der Waals surface area contributed by atoms with Gasteiger partial charge in [0.2, 0.25) is 0 Å². The molecule has 2 aliphatic heterocycles. The lowest BCUT2D eigenvalue weighted by atomic mass is 10.1. The number of amides is 2. The van der Waals surface area contributed by atoms with Gasteiger partial charge in [-0.05, 0) is 24.3 Å². The second kappa shape index (κ2) is 5.87. The molecule has 2 unspecified atom stereocenters. The quantitative estimate of drug-likeness (QED) is 0.790. The van der Waals surface area contributed by atoms with Crippen molar-refractivity contribution < 1.29 is 23.1 Å². The van der Waals surface area contributed by atoms with Gasteiger partial charge in [0.25, 0.3) is 11.8 Å². The molecule has 0 aliphatic carbocycles. The van der Waals surface area contributed by atoms with E-state index in [2.05, 4.69) is 10.3 Å². The summed E-state index contributed by atoms with van der Waals surface area (Å²) >= 11 is 0. The van der Waals surface area contributed by atoms with Gasteiger partial charge >= 0.3 is 0 Å². The van der Waals surface area contributed by atoms with Gasteiger partial charge < -0.3 is 4.74 Å². The van der Waals surface area contributed by atoms with Crippen molar-refractivity contribution >= 4 is 23.2 Å². The third-order valence-electron chi connectivity index (χ3n) is 4.26. The molecule has 1 fully saturated rings. The molecule has 0 aromatic heterocycles. The van der Waals surface area contributed by atoms with Crippen LogP contribution < -0.4 is 14.6 Å². The van der Waals surface area contributed by atoms with Crippen molar-refractivity contribution in [2.24, 2.45) is 10.3 Å². The van der Waals surface area contributed by atoms with Crippen molar-refractivity contribution in [1.82, 2.24) is 0 Å². The number of rotatable bonds is 3. The molecule has 0 N–H and O–H groups in total. The van der Waals surface area contributed by atoms with Crippen molar-refractivity contribution in [3.63, 3.8) is 0 Å². The number of carbonyl (C=O) groups excluding carboxylic acids is 2. The van der Waals surface area contributed by atoms with Gasteiger partial charge in [0.05, 0.1) is 18.5 Å². The number of nitrogens with zero attached hydrogens (tertiary/aromatic N) is 4. The lowest BCUT2D eigenvalue weighted by molar-refractivity contribution is -0.121. The largest absolute Gasteiger partial charge is 0.497 e. The normalized spacial score (nSPS) is 21.5. The summed E-state index contributed by atoms with van der Waals surface area (Å²) in [5, 5.41) is 9.14. The molecule has 4 rings (SSSR count). The zero-order valence-corrected chi connectivity index (χ0v) is 13.5. The Morgan fingerprint density at radius 1 is 1.00 bits per heavy atom. The molecule has 0 bridgehead atoms. The van der Waals surface area contributed by atoms with Gasteiger partial charge in [-0.1, -0.05) is 11.3 Å². The lowest BCUT2D eigenvalue weighted by Gasteiger charge is -2.21. The Morgan fingerprint density at radius 3 is 2.54 bits per heavy atom. The van der Waals surface area contributed by atoms with E-state index in [9.17, 15) is 18.4 Å². The molecule has 2 aromatic carbocycles. The topological polar surface area (TPSA) is 74.6 Å². The molecule has 2 atom stereocenters. The van der Waals surface area contributed by atoms with E-state index in [0.29, 0.717) is 11.4 Å². The molecule has 9 heteroatoms. The van der Waals surface area contributed by atoms with Gasteiger partial charge in [-0.25, -0.2) is 18.7 Å². The standard InChI is InChI=1S/C17H12F2N4O3/c1-26-11-4-2-3-10(7-11)23-15-14(20-21-23)16(24)22(17(15)25)9-5-6-12(18)13(19)8-9/h2-8,14-15H,1H3. The first-order chi connectivity index (χ1) is 12.5. The van der Waals surface area contributed by atoms with E-state index in [1.54, 1.807) is 24.3 Å². The second-order valence-electron chi connectivity index (χ2n) is 5.75. The number of ether oxygens (including phenoxy) is 1. The van der Waals surface area contributed by atoms with Crippen LogP contribution in [-0.2, 0) is 9.59 Å². The number of halogens is 2. The number of hydrogen-bond acceptors (Lipinski definition) is 6. The lowest BCUT2D eigenvalue weighted by Crippen LogP contribution is -2.39. The number of methoxy groups -OCH3 is 1. The first-order valence-corrected chi connectivity index (χ1v) is 7.68. The molecular weight excluding hydrogens is 346 g/mol. The van der Waals surface area contributed by atoms with Crippen molar-refractivity contribution in [2.45, 2.75) is 12.1 Å². The van der Waals surface area contributed by atoms with Crippen molar-refractivity contribution in [1.29, 1.82) is 0 Å². The Balaban J connectivity index is 1.70. The molecular formula is C17H12F2N4O3. The number of fused-ring (bicyclic) bond motifs is 1. The van der Waals surface area contributed by atoms with E-state index in [1.807, 2.05) is 0 Å². The zero-order valence-electron chi connectivity index (χ0n) is 13.5. The molecule has 2 aromatic rings. The van der Waals surface area contributed by atoms with Crippen molar-refractivity contribution in [3.05, 3.63) is 54.1 Å². The van der Waals surface area contributed by atoms with Gasteiger partial charge in [0.1, 0.15) is 5.75 Å². The molecule has 2 aliphatic rings. The number of imide groups is 1. The summed E-state index contributed by atoms with van der Waals surface area (Å²) in [4.78, 5) is 26.2. The van der Waals surface area contributed by atoms with Crippen LogP contribution >= 0.6 is 0 Å². The van der Waals surface area contributed by atoms with Crippen molar-refractivity contribution in [3.8, 4) is 5.75 Å². The SMILES string of the molecule is COc1cccc(N2N=NC3C(=O)N(c4ccc(F)c(F)c4)C(=O)C32)c1. The highest BCUT2D eigenvalue weighted by Gasteiger charge is 2.55. The third kappa shape index (κ3) is 2.32. The molecule has 132 valence electrons. The molecule has 2 amide bonds. The first-order valence-electron chi connectivity index (χ1n) is 7.68. The van der Waals surface area contributed by atoms with E-state index in [4.69, 9.17) is 4.74 Å². The third-order valence-corrected chi connectivity index (χ3v) is 4.26. The smallest absolute Gasteiger partial charge is 0.263 e. The zero-order chi connectivity index (χ0) is 18.4. The van der Waals surface area contributed by atoms with Gasteiger partial charge in [-0.15, -0.1) is 0 Å². The first kappa shape index (κ1) is 16.1. The predicted octanol–water partition coefficient (Wildman–Crippen LogP) is 2.47. The summed E-state index contributed by atoms with van der Waals surface area (Å²) < 4.78 is 31.8. The van der Waals surface area contributed by atoms with Crippen LogP contribution in [0.1, 0.15) is 0 Å². The second-order valence-corrected chi connectivity index (χ2v) is 5.75. The number of benzene rings is 2. The van der Waals surface area contributed by atoms with Gasteiger partial charge in [-0.2, -0.15) is 5.11 Å². The fourth-order valence-corrected chi connectivity index (χ4v) is 3.00. The number of anilines is 2. The Kier molecular flexibility index (Phi) is 3.64. The molecule has 2 heterocycles. The maximum absolute atomic E-state index is 13.5. The van der Waals surface area contributed by atoms with Gasteiger partial charge in [0.15, 0.2) is 23.7 Å². The van der Waals surface area contributed by atoms with Crippen LogP contribution in [0.3, 0.4) is 0 Å². The summed E-state index contributed by atoms with van der Waals surface area (Å²) in [7, 11) is 1.50. The monoisotopic (exact) mass is 358 g/mol. The van der Waals surface area contributed by atoms with Crippen LogP contribution in [0.4, 0.5) is 20.2 Å². The Hall–Kier alpha value is -3.36. The van der Waals surface area contributed by atoms with Gasteiger partial charge in [0, 0.05) is 12.1 Å². The summed E-state index contributed by atoms with van der Waals surface area (Å²) in [6.45, 7) is 0. The average Bonchev–Trinajstić information content (AvgIpc) is 3.18. The number of hydrogen-bond donors (Lipinski definition) is 0. The molecule has 0 saturated carbocycles. The van der Waals surface area contributed by atoms with Crippen LogP contribution in [0.2, 0.25) is 0 Å². The molecule has 1 saturated heterocycles. The minimum atomic E-state index is -1.15. The van der Waals surface area contributed by atoms with E-state index in [1.165, 1.54) is 18.2 Å². The van der Waals surface area contributed by atoms with E-state index < -0.39 is 35.5 Å². The fraction of sp³-hybridized carbons (Fsp3) is 0.176. The minimum absolute atomic E-state index is 0.0471. The van der Waals surface area contributed by atoms with E-state index >= 15 is 0 Å². The Morgan fingerprint density at radius 2 is 1.81 bits per heavy atom. The maximum atomic E-state index is 13.5. The highest BCUT2D eigenvalue weighted by molar-refractivity contribution is 6.26. The molecule has 26 heavy (non-hydrogen) atoms. The Labute approximate surface area is 146 Å². The molecule has 0 radical (unpaired) electrons. The predicted molar refractivity (Wildman–Crippen MR) is 86.8 cm³/mol. The summed E-state index contributed by atoms with van der Waals surface area (Å²) in [6, 6.07) is 7.60. The highest BCUT2D eigenvalue weighted by atomic mass is 19.2. The van der Waals surface area contributed by atoms with Crippen LogP contribution in [0.25, 0.3) is 0 Å². The maximum Gasteiger partial charge on any atom is 0.263 e. The summed E-state index contributed by atoms with van der Waals surface area (Å²) in [5.74, 6) is -2.91. The summed E-state index contributed by atoms with van der Waals surface area (Å²) in [6.07, 6.45) is 0. The van der Waals surface area contributed by atoms with Crippen LogP contribution in [0.15, 0.2) is 52.8 Å². The van der Waals surface area contributed by atoms with Gasteiger partial charge in [-0.3, -0.25) is 9.59 Å². The van der Waals surface area contributed by atoms with Crippen LogP contribution in [-0.4, -0.2) is 31.0 Å². The fourth-order valence-electron chi connectivity index (χ4n) is 3.00. The average molecular weight is 358 g/mol. The Bertz CT molecular complexity index is 949. The summed E-state index contributed by atoms with van der Waals surface area (Å²) in [5.41, 5.74) is 0.475. The van der Waals surface area contributed by atoms with Crippen LogP contribution in [0, 0.1) is 11.6 Å². The molecule has 7 nitrogen and oxygen atoms in total. The van der Waals surface area contributed by atoms with Crippen LogP contribution in [0.5, 0.6) is 5.75 Å². The van der Waals surface area contributed by atoms with E-state index in [-0.39, 0.29) is 5.69 Å². The number of carbonyl (C=O) groups is 2. The highest BCUT2D eigenvalue weighted by Crippen LogP contribution is 2.36.